The summed E-state index contributed by atoms with van der Waals surface area (Å²) in [4.78, 5) is 35.7. The van der Waals surface area contributed by atoms with Gasteiger partial charge in [-0.1, -0.05) is 19.3 Å². The van der Waals surface area contributed by atoms with Crippen molar-refractivity contribution in [2.24, 2.45) is 5.41 Å². The van der Waals surface area contributed by atoms with Crippen LogP contribution in [0.3, 0.4) is 0 Å². The van der Waals surface area contributed by atoms with Crippen LogP contribution in [0.4, 0.5) is 11.4 Å². The maximum atomic E-state index is 12.5. The Kier molecular flexibility index (Phi) is 6.13. The van der Waals surface area contributed by atoms with Gasteiger partial charge in [0.25, 0.3) is 5.91 Å². The lowest BCUT2D eigenvalue weighted by atomic mass is 9.69. The number of aliphatic carboxylic acids is 1. The van der Waals surface area contributed by atoms with Gasteiger partial charge in [0.2, 0.25) is 5.91 Å². The van der Waals surface area contributed by atoms with E-state index in [0.29, 0.717) is 11.4 Å². The molecule has 1 heterocycles. The summed E-state index contributed by atoms with van der Waals surface area (Å²) >= 11 is 0. The second-order valence-electron chi connectivity index (χ2n) is 7.36. The molecular formula is C21H24N2O5. The molecule has 0 aliphatic heterocycles. The third-order valence-corrected chi connectivity index (χ3v) is 5.15. The average Bonchev–Trinajstić information content (AvgIpc) is 3.18. The van der Waals surface area contributed by atoms with Crippen LogP contribution in [0, 0.1) is 5.41 Å². The van der Waals surface area contributed by atoms with Gasteiger partial charge in [-0.3, -0.25) is 14.4 Å². The zero-order chi connectivity index (χ0) is 20.0. The van der Waals surface area contributed by atoms with Gasteiger partial charge in [0.15, 0.2) is 5.76 Å². The van der Waals surface area contributed by atoms with Crippen molar-refractivity contribution >= 4 is 29.2 Å². The summed E-state index contributed by atoms with van der Waals surface area (Å²) in [5.74, 6) is -1.18. The van der Waals surface area contributed by atoms with Crippen molar-refractivity contribution < 1.29 is 23.9 Å². The van der Waals surface area contributed by atoms with Crippen LogP contribution in [0.15, 0.2) is 47.1 Å². The number of carboxylic acids is 1. The molecule has 2 amide bonds. The Morgan fingerprint density at radius 3 is 2.14 bits per heavy atom. The third kappa shape index (κ3) is 5.22. The molecule has 3 rings (SSSR count). The number of hydrogen-bond donors (Lipinski definition) is 3. The van der Waals surface area contributed by atoms with E-state index in [4.69, 9.17) is 4.42 Å². The van der Waals surface area contributed by atoms with Crippen molar-refractivity contribution in [3.63, 3.8) is 0 Å². The monoisotopic (exact) mass is 384 g/mol. The van der Waals surface area contributed by atoms with Gasteiger partial charge in [-0.05, 0) is 54.7 Å². The number of furan rings is 1. The number of carboxylic acid groups (broad SMARTS) is 1. The fourth-order valence-electron chi connectivity index (χ4n) is 3.82. The Hall–Kier alpha value is -3.09. The average molecular weight is 384 g/mol. The summed E-state index contributed by atoms with van der Waals surface area (Å²) in [6.45, 7) is 0. The standard InChI is InChI=1S/C21H24N2O5/c24-18(13-21(14-19(25)26)10-2-1-3-11-21)22-15-6-8-16(9-7-15)23-20(27)17-5-4-12-28-17/h4-9,12H,1-3,10-11,13-14H2,(H,22,24)(H,23,27)(H,25,26). The first-order chi connectivity index (χ1) is 13.5. The summed E-state index contributed by atoms with van der Waals surface area (Å²) in [5, 5.41) is 14.8. The molecule has 1 aliphatic carbocycles. The molecular weight excluding hydrogens is 360 g/mol. The van der Waals surface area contributed by atoms with Gasteiger partial charge < -0.3 is 20.2 Å². The van der Waals surface area contributed by atoms with Gasteiger partial charge in [-0.25, -0.2) is 0 Å². The highest BCUT2D eigenvalue weighted by Crippen LogP contribution is 2.42. The van der Waals surface area contributed by atoms with Crippen molar-refractivity contribution in [1.82, 2.24) is 0 Å². The van der Waals surface area contributed by atoms with E-state index < -0.39 is 11.4 Å². The second kappa shape index (κ2) is 8.73. The number of nitrogens with one attached hydrogen (secondary N) is 2. The molecule has 3 N–H and O–H groups in total. The molecule has 0 radical (unpaired) electrons. The van der Waals surface area contributed by atoms with Crippen LogP contribution < -0.4 is 10.6 Å². The van der Waals surface area contributed by atoms with Crippen molar-refractivity contribution in [3.8, 4) is 0 Å². The normalized spacial score (nSPS) is 15.6. The molecule has 28 heavy (non-hydrogen) atoms. The van der Waals surface area contributed by atoms with Crippen LogP contribution in [0.25, 0.3) is 0 Å². The predicted molar refractivity (Wildman–Crippen MR) is 104 cm³/mol. The van der Waals surface area contributed by atoms with Gasteiger partial charge in [-0.2, -0.15) is 0 Å². The maximum absolute atomic E-state index is 12.5. The van der Waals surface area contributed by atoms with Crippen molar-refractivity contribution in [3.05, 3.63) is 48.4 Å². The fourth-order valence-corrected chi connectivity index (χ4v) is 3.82. The Bertz CT molecular complexity index is 821. The predicted octanol–water partition coefficient (Wildman–Crippen LogP) is 4.29. The Morgan fingerprint density at radius 2 is 1.57 bits per heavy atom. The molecule has 2 aromatic rings. The minimum absolute atomic E-state index is 0.0260. The minimum atomic E-state index is -0.855. The number of carbonyl (C=O) groups excluding carboxylic acids is 2. The van der Waals surface area contributed by atoms with E-state index in [1.165, 1.54) is 6.26 Å². The number of rotatable bonds is 7. The van der Waals surface area contributed by atoms with E-state index in [1.807, 2.05) is 0 Å². The number of carbonyl (C=O) groups is 3. The van der Waals surface area contributed by atoms with Gasteiger partial charge in [0.05, 0.1) is 12.7 Å². The van der Waals surface area contributed by atoms with Gasteiger partial charge in [0.1, 0.15) is 0 Å². The molecule has 0 bridgehead atoms. The van der Waals surface area contributed by atoms with E-state index in [1.54, 1.807) is 36.4 Å². The topological polar surface area (TPSA) is 109 Å². The number of benzene rings is 1. The SMILES string of the molecule is O=C(O)CC1(CC(=O)Nc2ccc(NC(=O)c3ccco3)cc2)CCCCC1. The van der Waals surface area contributed by atoms with E-state index >= 15 is 0 Å². The zero-order valence-corrected chi connectivity index (χ0v) is 15.6. The van der Waals surface area contributed by atoms with Crippen LogP contribution in [-0.4, -0.2) is 22.9 Å². The molecule has 0 saturated heterocycles. The van der Waals surface area contributed by atoms with Crippen LogP contribution in [0.5, 0.6) is 0 Å². The quantitative estimate of drug-likeness (QED) is 0.660. The zero-order valence-electron chi connectivity index (χ0n) is 15.6. The number of amides is 2. The number of anilines is 2. The summed E-state index contributed by atoms with van der Waals surface area (Å²) in [6.07, 6.45) is 6.21. The summed E-state index contributed by atoms with van der Waals surface area (Å²) in [7, 11) is 0. The van der Waals surface area contributed by atoms with E-state index in [-0.39, 0.29) is 30.4 Å². The molecule has 1 aromatic carbocycles. The molecule has 7 heteroatoms. The Balaban J connectivity index is 1.57. The van der Waals surface area contributed by atoms with Crippen LogP contribution >= 0.6 is 0 Å². The van der Waals surface area contributed by atoms with E-state index in [2.05, 4.69) is 10.6 Å². The molecule has 1 fully saturated rings. The molecule has 0 unspecified atom stereocenters. The largest absolute Gasteiger partial charge is 0.481 e. The van der Waals surface area contributed by atoms with Crippen LogP contribution in [-0.2, 0) is 9.59 Å². The highest BCUT2D eigenvalue weighted by atomic mass is 16.4. The summed E-state index contributed by atoms with van der Waals surface area (Å²) in [6, 6.07) is 9.97. The first kappa shape index (κ1) is 19.7. The molecule has 0 spiro atoms. The van der Waals surface area contributed by atoms with Crippen LogP contribution in [0.2, 0.25) is 0 Å². The molecule has 1 aliphatic rings. The molecule has 1 aromatic heterocycles. The molecule has 148 valence electrons. The third-order valence-electron chi connectivity index (χ3n) is 5.15. The molecule has 1 saturated carbocycles. The lowest BCUT2D eigenvalue weighted by molar-refractivity contribution is -0.140. The highest BCUT2D eigenvalue weighted by Gasteiger charge is 2.36. The van der Waals surface area contributed by atoms with Crippen molar-refractivity contribution in [2.45, 2.75) is 44.9 Å². The minimum Gasteiger partial charge on any atom is -0.481 e. The van der Waals surface area contributed by atoms with Gasteiger partial charge in [-0.15, -0.1) is 0 Å². The van der Waals surface area contributed by atoms with Crippen molar-refractivity contribution in [1.29, 1.82) is 0 Å². The number of hydrogen-bond acceptors (Lipinski definition) is 4. The Morgan fingerprint density at radius 1 is 0.929 bits per heavy atom. The van der Waals surface area contributed by atoms with E-state index in [9.17, 15) is 19.5 Å². The van der Waals surface area contributed by atoms with Crippen LogP contribution in [0.1, 0.15) is 55.5 Å². The highest BCUT2D eigenvalue weighted by molar-refractivity contribution is 6.02. The summed E-state index contributed by atoms with van der Waals surface area (Å²) in [5.41, 5.74) is 0.724. The van der Waals surface area contributed by atoms with Gasteiger partial charge in [0, 0.05) is 17.8 Å². The van der Waals surface area contributed by atoms with Crippen molar-refractivity contribution in [2.75, 3.05) is 10.6 Å². The smallest absolute Gasteiger partial charge is 0.303 e. The lowest BCUT2D eigenvalue weighted by Crippen LogP contribution is -2.32. The Labute approximate surface area is 163 Å². The van der Waals surface area contributed by atoms with E-state index in [0.717, 1.165) is 32.1 Å². The van der Waals surface area contributed by atoms with Gasteiger partial charge >= 0.3 is 5.97 Å². The first-order valence-corrected chi connectivity index (χ1v) is 9.42. The molecule has 0 atom stereocenters. The summed E-state index contributed by atoms with van der Waals surface area (Å²) < 4.78 is 5.04. The maximum Gasteiger partial charge on any atom is 0.303 e. The second-order valence-corrected chi connectivity index (χ2v) is 7.36. The first-order valence-electron chi connectivity index (χ1n) is 9.42. The lowest BCUT2D eigenvalue weighted by Gasteiger charge is -2.35. The fraction of sp³-hybridized carbons (Fsp3) is 0.381. The molecule has 7 nitrogen and oxygen atoms in total.